The third-order valence-corrected chi connectivity index (χ3v) is 5.25. The van der Waals surface area contributed by atoms with Gasteiger partial charge < -0.3 is 4.57 Å². The number of hydrogen-bond donors (Lipinski definition) is 0. The summed E-state index contributed by atoms with van der Waals surface area (Å²) in [5, 5.41) is 1.58. The van der Waals surface area contributed by atoms with Gasteiger partial charge in [0.25, 0.3) is 0 Å². The third kappa shape index (κ3) is 3.86. The maximum atomic E-state index is 6.32. The number of imidazole rings is 1. The van der Waals surface area contributed by atoms with E-state index in [1.807, 2.05) is 30.7 Å². The van der Waals surface area contributed by atoms with Crippen molar-refractivity contribution in [2.45, 2.75) is 16.7 Å². The van der Waals surface area contributed by atoms with E-state index < -0.39 is 0 Å². The summed E-state index contributed by atoms with van der Waals surface area (Å²) in [5.74, 6) is 0. The van der Waals surface area contributed by atoms with Gasteiger partial charge in [-0.05, 0) is 23.8 Å². The van der Waals surface area contributed by atoms with Gasteiger partial charge in [0.1, 0.15) is 0 Å². The second kappa shape index (κ2) is 7.23. The van der Waals surface area contributed by atoms with Crippen LogP contribution in [0.5, 0.6) is 0 Å². The van der Waals surface area contributed by atoms with Crippen molar-refractivity contribution in [2.24, 2.45) is 0 Å². The third-order valence-electron chi connectivity index (χ3n) is 3.27. The topological polar surface area (TPSA) is 17.8 Å². The van der Waals surface area contributed by atoms with Gasteiger partial charge in [-0.2, -0.15) is 0 Å². The van der Waals surface area contributed by atoms with Crippen LogP contribution in [0.3, 0.4) is 0 Å². The molecule has 2 nitrogen and oxygen atoms in total. The van der Waals surface area contributed by atoms with Crippen LogP contribution in [0.25, 0.3) is 0 Å². The van der Waals surface area contributed by atoms with Gasteiger partial charge >= 0.3 is 0 Å². The average Bonchev–Trinajstić information content (AvgIpc) is 3.03. The summed E-state index contributed by atoms with van der Waals surface area (Å²) < 4.78 is 2.08. The predicted octanol–water partition coefficient (Wildman–Crippen LogP) is 5.72. The fraction of sp³-hybridized carbons (Fsp3) is 0.118. The van der Waals surface area contributed by atoms with Crippen molar-refractivity contribution in [3.63, 3.8) is 0 Å². The van der Waals surface area contributed by atoms with Crippen LogP contribution in [0, 0.1) is 0 Å². The van der Waals surface area contributed by atoms with E-state index in [2.05, 4.69) is 33.8 Å². The SMILES string of the molecule is Clc1ccc(SC(Cn2ccnc2)c2ccccc2)c(Cl)c1. The molecule has 0 radical (unpaired) electrons. The average molecular weight is 349 g/mol. The molecule has 0 saturated heterocycles. The van der Waals surface area contributed by atoms with E-state index in [0.717, 1.165) is 11.4 Å². The van der Waals surface area contributed by atoms with Crippen LogP contribution in [0.15, 0.2) is 72.1 Å². The Bertz CT molecular complexity index is 730. The van der Waals surface area contributed by atoms with Crippen molar-refractivity contribution >= 4 is 35.0 Å². The quantitative estimate of drug-likeness (QED) is 0.548. The molecule has 0 N–H and O–H groups in total. The molecule has 1 unspecified atom stereocenters. The highest BCUT2D eigenvalue weighted by atomic mass is 35.5. The molecule has 0 amide bonds. The van der Waals surface area contributed by atoms with E-state index in [1.165, 1.54) is 5.56 Å². The highest BCUT2D eigenvalue weighted by Crippen LogP contribution is 2.40. The standard InChI is InChI=1S/C17H14Cl2N2S/c18-14-6-7-16(15(19)10-14)22-17(11-21-9-8-20-12-21)13-4-2-1-3-5-13/h1-10,12,17H,11H2. The molecule has 0 aliphatic heterocycles. The first-order valence-corrected chi connectivity index (χ1v) is 8.48. The number of nitrogens with zero attached hydrogens (tertiary/aromatic N) is 2. The summed E-state index contributed by atoms with van der Waals surface area (Å²) in [7, 11) is 0. The Morgan fingerprint density at radius 1 is 1.09 bits per heavy atom. The van der Waals surface area contributed by atoms with Gasteiger partial charge in [-0.25, -0.2) is 4.98 Å². The second-order valence-corrected chi connectivity index (χ2v) is 6.94. The van der Waals surface area contributed by atoms with E-state index in [0.29, 0.717) is 10.0 Å². The van der Waals surface area contributed by atoms with E-state index in [-0.39, 0.29) is 5.25 Å². The Kier molecular flexibility index (Phi) is 5.08. The van der Waals surface area contributed by atoms with Gasteiger partial charge in [-0.15, -0.1) is 11.8 Å². The van der Waals surface area contributed by atoms with Gasteiger partial charge in [0.2, 0.25) is 0 Å². The molecule has 3 rings (SSSR count). The number of aromatic nitrogens is 2. The fourth-order valence-electron chi connectivity index (χ4n) is 2.19. The van der Waals surface area contributed by atoms with Crippen molar-refractivity contribution in [3.8, 4) is 0 Å². The normalized spacial score (nSPS) is 12.3. The van der Waals surface area contributed by atoms with Crippen LogP contribution >= 0.6 is 35.0 Å². The second-order valence-electron chi connectivity index (χ2n) is 4.85. The highest BCUT2D eigenvalue weighted by Gasteiger charge is 2.15. The van der Waals surface area contributed by atoms with Crippen LogP contribution in [0.4, 0.5) is 0 Å². The fourth-order valence-corrected chi connectivity index (χ4v) is 3.90. The molecule has 1 aromatic heterocycles. The molecule has 22 heavy (non-hydrogen) atoms. The maximum absolute atomic E-state index is 6.32. The lowest BCUT2D eigenvalue weighted by Crippen LogP contribution is -2.05. The lowest BCUT2D eigenvalue weighted by atomic mass is 10.1. The first kappa shape index (κ1) is 15.5. The van der Waals surface area contributed by atoms with E-state index in [9.17, 15) is 0 Å². The van der Waals surface area contributed by atoms with Crippen molar-refractivity contribution in [2.75, 3.05) is 0 Å². The summed E-state index contributed by atoms with van der Waals surface area (Å²) in [5.41, 5.74) is 1.26. The molecule has 0 bridgehead atoms. The Balaban J connectivity index is 1.88. The Morgan fingerprint density at radius 2 is 1.91 bits per heavy atom. The zero-order chi connectivity index (χ0) is 15.4. The first-order chi connectivity index (χ1) is 10.7. The molecule has 0 saturated carbocycles. The van der Waals surface area contributed by atoms with E-state index in [4.69, 9.17) is 23.2 Å². The van der Waals surface area contributed by atoms with E-state index >= 15 is 0 Å². The Morgan fingerprint density at radius 3 is 2.59 bits per heavy atom. The molecule has 0 aliphatic carbocycles. The lowest BCUT2D eigenvalue weighted by molar-refractivity contribution is 0.683. The molecule has 1 atom stereocenters. The van der Waals surface area contributed by atoms with Crippen LogP contribution < -0.4 is 0 Å². The first-order valence-electron chi connectivity index (χ1n) is 6.85. The van der Waals surface area contributed by atoms with Gasteiger partial charge in [0, 0.05) is 28.9 Å². The summed E-state index contributed by atoms with van der Waals surface area (Å²) in [6.07, 6.45) is 5.60. The number of rotatable bonds is 5. The number of halogens is 2. The van der Waals surface area contributed by atoms with Crippen LogP contribution in [0.1, 0.15) is 10.8 Å². The van der Waals surface area contributed by atoms with Crippen LogP contribution in [-0.2, 0) is 6.54 Å². The highest BCUT2D eigenvalue weighted by molar-refractivity contribution is 7.99. The van der Waals surface area contributed by atoms with Crippen molar-refractivity contribution in [1.82, 2.24) is 9.55 Å². The summed E-state index contributed by atoms with van der Waals surface area (Å²) in [6.45, 7) is 0.827. The molecule has 3 aromatic rings. The maximum Gasteiger partial charge on any atom is 0.0946 e. The zero-order valence-corrected chi connectivity index (χ0v) is 14.0. The molecule has 0 fully saturated rings. The van der Waals surface area contributed by atoms with Crippen LogP contribution in [0.2, 0.25) is 10.0 Å². The molecular formula is C17H14Cl2N2S. The molecular weight excluding hydrogens is 335 g/mol. The molecule has 2 aromatic carbocycles. The van der Waals surface area contributed by atoms with Crippen LogP contribution in [-0.4, -0.2) is 9.55 Å². The predicted molar refractivity (Wildman–Crippen MR) is 93.7 cm³/mol. The lowest BCUT2D eigenvalue weighted by Gasteiger charge is -2.18. The van der Waals surface area contributed by atoms with E-state index in [1.54, 1.807) is 24.0 Å². The summed E-state index contributed by atoms with van der Waals surface area (Å²) in [6, 6.07) is 16.0. The summed E-state index contributed by atoms with van der Waals surface area (Å²) in [4.78, 5) is 5.14. The minimum Gasteiger partial charge on any atom is -0.336 e. The van der Waals surface area contributed by atoms with Gasteiger partial charge in [-0.3, -0.25) is 0 Å². The molecule has 1 heterocycles. The van der Waals surface area contributed by atoms with Gasteiger partial charge in [0.15, 0.2) is 0 Å². The number of benzene rings is 2. The minimum atomic E-state index is 0.245. The zero-order valence-electron chi connectivity index (χ0n) is 11.7. The van der Waals surface area contributed by atoms with Gasteiger partial charge in [0.05, 0.1) is 16.6 Å². The Hall–Kier alpha value is -1.42. The van der Waals surface area contributed by atoms with Crippen molar-refractivity contribution < 1.29 is 0 Å². The van der Waals surface area contributed by atoms with Crippen molar-refractivity contribution in [1.29, 1.82) is 0 Å². The summed E-state index contributed by atoms with van der Waals surface area (Å²) >= 11 is 14.0. The minimum absolute atomic E-state index is 0.245. The molecule has 0 spiro atoms. The Labute approximate surface area is 144 Å². The smallest absolute Gasteiger partial charge is 0.0946 e. The molecule has 0 aliphatic rings. The van der Waals surface area contributed by atoms with Gasteiger partial charge in [-0.1, -0.05) is 53.5 Å². The van der Waals surface area contributed by atoms with Crippen molar-refractivity contribution in [3.05, 3.63) is 82.9 Å². The largest absolute Gasteiger partial charge is 0.336 e. The molecule has 5 heteroatoms. The number of hydrogen-bond acceptors (Lipinski definition) is 2. The monoisotopic (exact) mass is 348 g/mol. The number of thioether (sulfide) groups is 1. The molecule has 112 valence electrons.